The van der Waals surface area contributed by atoms with Gasteiger partial charge in [-0.05, 0) is 37.1 Å². The van der Waals surface area contributed by atoms with Gasteiger partial charge in [-0.2, -0.15) is 5.10 Å². The maximum absolute atomic E-state index is 12.0. The number of rotatable bonds is 5. The van der Waals surface area contributed by atoms with Crippen molar-refractivity contribution in [1.29, 1.82) is 0 Å². The number of aromatic hydroxyl groups is 1. The average Bonchev–Trinajstić information content (AvgIpc) is 3.25. The predicted octanol–water partition coefficient (Wildman–Crippen LogP) is 3.63. The first-order valence-electron chi connectivity index (χ1n) is 8.05. The average molecular weight is 337 g/mol. The summed E-state index contributed by atoms with van der Waals surface area (Å²) in [6.07, 6.45) is 8.22. The zero-order valence-corrected chi connectivity index (χ0v) is 14.1. The Kier molecular flexibility index (Phi) is 4.79. The quantitative estimate of drug-likeness (QED) is 0.668. The highest BCUT2D eigenvalue weighted by molar-refractivity contribution is 5.89. The number of hydrogen-bond acceptors (Lipinski definition) is 5. The van der Waals surface area contributed by atoms with E-state index >= 15 is 0 Å². The lowest BCUT2D eigenvalue weighted by Gasteiger charge is -2.04. The van der Waals surface area contributed by atoms with E-state index in [-0.39, 0.29) is 18.1 Å². The molecule has 1 aliphatic carbocycles. The van der Waals surface area contributed by atoms with Crippen LogP contribution in [0.3, 0.4) is 0 Å². The number of phenolic OH excluding ortho intramolecular Hbond substituents is 1. The topological polar surface area (TPSA) is 76.7 Å². The summed E-state index contributed by atoms with van der Waals surface area (Å²) in [6, 6.07) is 6.92. The zero-order chi connectivity index (χ0) is 17.8. The third-order valence-electron chi connectivity index (χ3n) is 3.78. The number of aliphatic imine (C=N–C) groups is 1. The SMILES string of the molecule is CCOC(=O)c1cc(N=Cc2ccc(C)c(O)c2)n(C2=CC=CC2)n1. The summed E-state index contributed by atoms with van der Waals surface area (Å²) in [5.74, 6) is 0.266. The van der Waals surface area contributed by atoms with Gasteiger partial charge in [-0.15, -0.1) is 0 Å². The van der Waals surface area contributed by atoms with E-state index in [4.69, 9.17) is 4.74 Å². The number of nitrogens with zero attached hydrogens (tertiary/aromatic N) is 3. The van der Waals surface area contributed by atoms with Crippen molar-refractivity contribution in [2.45, 2.75) is 20.3 Å². The van der Waals surface area contributed by atoms with E-state index in [1.807, 2.05) is 37.3 Å². The van der Waals surface area contributed by atoms with Gasteiger partial charge < -0.3 is 9.84 Å². The highest BCUT2D eigenvalue weighted by Crippen LogP contribution is 2.25. The molecule has 0 aliphatic heterocycles. The number of allylic oxidation sites excluding steroid dienone is 4. The number of benzene rings is 1. The molecule has 1 aromatic heterocycles. The predicted molar refractivity (Wildman–Crippen MR) is 96.3 cm³/mol. The Morgan fingerprint density at radius 1 is 1.44 bits per heavy atom. The van der Waals surface area contributed by atoms with E-state index in [0.29, 0.717) is 5.82 Å². The zero-order valence-electron chi connectivity index (χ0n) is 14.1. The van der Waals surface area contributed by atoms with Gasteiger partial charge in [-0.1, -0.05) is 24.3 Å². The Morgan fingerprint density at radius 3 is 2.96 bits per heavy atom. The molecule has 0 amide bonds. The molecule has 2 aromatic rings. The van der Waals surface area contributed by atoms with Crippen LogP contribution in [-0.2, 0) is 4.74 Å². The van der Waals surface area contributed by atoms with Crippen LogP contribution < -0.4 is 0 Å². The molecule has 1 aliphatic rings. The lowest BCUT2D eigenvalue weighted by atomic mass is 10.1. The van der Waals surface area contributed by atoms with Crippen LogP contribution in [0.2, 0.25) is 0 Å². The van der Waals surface area contributed by atoms with Gasteiger partial charge in [0.15, 0.2) is 11.5 Å². The number of esters is 1. The Morgan fingerprint density at radius 2 is 2.28 bits per heavy atom. The number of ether oxygens (including phenoxy) is 1. The van der Waals surface area contributed by atoms with Gasteiger partial charge in [0, 0.05) is 24.4 Å². The van der Waals surface area contributed by atoms with E-state index in [2.05, 4.69) is 10.1 Å². The summed E-state index contributed by atoms with van der Waals surface area (Å²) >= 11 is 0. The minimum Gasteiger partial charge on any atom is -0.508 e. The van der Waals surface area contributed by atoms with Gasteiger partial charge >= 0.3 is 5.97 Å². The van der Waals surface area contributed by atoms with Gasteiger partial charge in [0.2, 0.25) is 0 Å². The highest BCUT2D eigenvalue weighted by atomic mass is 16.5. The van der Waals surface area contributed by atoms with Gasteiger partial charge in [0.25, 0.3) is 0 Å². The summed E-state index contributed by atoms with van der Waals surface area (Å²) in [7, 11) is 0. The number of carbonyl (C=O) groups is 1. The fourth-order valence-corrected chi connectivity index (χ4v) is 2.42. The van der Waals surface area contributed by atoms with E-state index in [9.17, 15) is 9.90 Å². The molecule has 1 aromatic carbocycles. The molecule has 1 heterocycles. The summed E-state index contributed by atoms with van der Waals surface area (Å²) < 4.78 is 6.65. The molecular formula is C19H19N3O3. The highest BCUT2D eigenvalue weighted by Gasteiger charge is 2.17. The normalized spacial score (nSPS) is 13.4. The molecular weight excluding hydrogens is 318 g/mol. The molecule has 6 nitrogen and oxygen atoms in total. The lowest BCUT2D eigenvalue weighted by molar-refractivity contribution is 0.0519. The van der Waals surface area contributed by atoms with Crippen molar-refractivity contribution in [1.82, 2.24) is 9.78 Å². The fraction of sp³-hybridized carbons (Fsp3) is 0.211. The Labute approximate surface area is 145 Å². The van der Waals surface area contributed by atoms with Crippen molar-refractivity contribution in [3.8, 4) is 5.75 Å². The Balaban J connectivity index is 1.94. The first-order valence-corrected chi connectivity index (χ1v) is 8.05. The third-order valence-corrected chi connectivity index (χ3v) is 3.78. The number of phenols is 1. The first kappa shape index (κ1) is 16.7. The molecule has 0 saturated heterocycles. The van der Waals surface area contributed by atoms with Crippen molar-refractivity contribution in [2.24, 2.45) is 4.99 Å². The molecule has 0 unspecified atom stereocenters. The van der Waals surface area contributed by atoms with Crippen molar-refractivity contribution in [3.63, 3.8) is 0 Å². The standard InChI is InChI=1S/C19H19N3O3/c1-3-25-19(24)16-11-18(22(21-16)15-6-4-5-7-15)20-12-14-9-8-13(2)17(23)10-14/h4-6,8-12,23H,3,7H2,1-2H3. The number of carbonyl (C=O) groups excluding carboxylic acids is 1. The van der Waals surface area contributed by atoms with Crippen LogP contribution in [0.4, 0.5) is 5.82 Å². The molecule has 25 heavy (non-hydrogen) atoms. The van der Waals surface area contributed by atoms with Crippen LogP contribution >= 0.6 is 0 Å². The van der Waals surface area contributed by atoms with Gasteiger partial charge in [-0.25, -0.2) is 14.5 Å². The monoisotopic (exact) mass is 337 g/mol. The molecule has 0 saturated carbocycles. The van der Waals surface area contributed by atoms with Crippen molar-refractivity contribution < 1.29 is 14.6 Å². The first-order chi connectivity index (χ1) is 12.1. The molecule has 128 valence electrons. The second-order valence-electron chi connectivity index (χ2n) is 5.61. The lowest BCUT2D eigenvalue weighted by Crippen LogP contribution is -2.06. The molecule has 1 N–H and O–H groups in total. The minimum atomic E-state index is -0.475. The third kappa shape index (κ3) is 3.68. The Bertz CT molecular complexity index is 891. The summed E-state index contributed by atoms with van der Waals surface area (Å²) in [5.41, 5.74) is 2.70. The maximum atomic E-state index is 12.0. The second kappa shape index (κ2) is 7.17. The molecule has 6 heteroatoms. The van der Waals surface area contributed by atoms with Crippen molar-refractivity contribution >= 4 is 23.7 Å². The van der Waals surface area contributed by atoms with Crippen LogP contribution in [-0.4, -0.2) is 33.7 Å². The maximum Gasteiger partial charge on any atom is 0.358 e. The van der Waals surface area contributed by atoms with E-state index in [1.54, 1.807) is 30.0 Å². The number of aromatic nitrogens is 2. The molecule has 0 fully saturated rings. The fourth-order valence-electron chi connectivity index (χ4n) is 2.42. The van der Waals surface area contributed by atoms with Gasteiger partial charge in [0.05, 0.1) is 6.61 Å². The van der Waals surface area contributed by atoms with E-state index in [0.717, 1.165) is 23.2 Å². The van der Waals surface area contributed by atoms with Crippen molar-refractivity contribution in [2.75, 3.05) is 6.61 Å². The molecule has 0 spiro atoms. The molecule has 0 radical (unpaired) electrons. The molecule has 0 bridgehead atoms. The summed E-state index contributed by atoms with van der Waals surface area (Å²) in [4.78, 5) is 16.4. The van der Waals surface area contributed by atoms with Crippen LogP contribution in [0, 0.1) is 6.92 Å². The van der Waals surface area contributed by atoms with E-state index in [1.165, 1.54) is 0 Å². The molecule has 0 atom stereocenters. The minimum absolute atomic E-state index is 0.215. The van der Waals surface area contributed by atoms with Crippen LogP contribution in [0.5, 0.6) is 5.75 Å². The summed E-state index contributed by atoms with van der Waals surface area (Å²) in [5, 5.41) is 14.1. The van der Waals surface area contributed by atoms with Crippen LogP contribution in [0.25, 0.3) is 5.70 Å². The van der Waals surface area contributed by atoms with Gasteiger partial charge in [0.1, 0.15) is 5.75 Å². The smallest absolute Gasteiger partial charge is 0.358 e. The number of aryl methyl sites for hydroxylation is 1. The van der Waals surface area contributed by atoms with Crippen LogP contribution in [0.1, 0.15) is 35.0 Å². The number of hydrogen-bond donors (Lipinski definition) is 1. The van der Waals surface area contributed by atoms with Crippen LogP contribution in [0.15, 0.2) is 47.5 Å². The largest absolute Gasteiger partial charge is 0.508 e. The van der Waals surface area contributed by atoms with E-state index < -0.39 is 5.97 Å². The van der Waals surface area contributed by atoms with Crippen molar-refractivity contribution in [3.05, 3.63) is 59.3 Å². The second-order valence-corrected chi connectivity index (χ2v) is 5.61. The summed E-state index contributed by atoms with van der Waals surface area (Å²) in [6.45, 7) is 3.87. The van der Waals surface area contributed by atoms with Gasteiger partial charge in [-0.3, -0.25) is 0 Å². The Hall–Kier alpha value is -3.15. The molecule has 3 rings (SSSR count).